The normalized spacial score (nSPS) is 20.3. The Kier molecular flexibility index (Phi) is 3.01. The van der Waals surface area contributed by atoms with Crippen LogP contribution in [0.3, 0.4) is 0 Å². The van der Waals surface area contributed by atoms with Gasteiger partial charge in [0.2, 0.25) is 0 Å². The van der Waals surface area contributed by atoms with Crippen LogP contribution in [0, 0.1) is 4.91 Å². The first-order valence-corrected chi connectivity index (χ1v) is 4.40. The molecule has 0 bridgehead atoms. The molecule has 0 aliphatic heterocycles. The maximum atomic E-state index is 10.6. The van der Waals surface area contributed by atoms with Crippen LogP contribution < -0.4 is 0 Å². The van der Waals surface area contributed by atoms with Gasteiger partial charge in [-0.1, -0.05) is 13.8 Å². The molecule has 1 N–H and O–H groups in total. The van der Waals surface area contributed by atoms with Crippen LogP contribution in [0.4, 0.5) is 0 Å². The van der Waals surface area contributed by atoms with Crippen LogP contribution in [0.25, 0.3) is 0 Å². The lowest BCUT2D eigenvalue weighted by Crippen LogP contribution is -1.97. The van der Waals surface area contributed by atoms with Crippen molar-refractivity contribution in [2.75, 3.05) is 0 Å². The summed E-state index contributed by atoms with van der Waals surface area (Å²) in [5.41, 5.74) is -0.505. The molecule has 54 valence electrons. The van der Waals surface area contributed by atoms with E-state index in [-0.39, 0.29) is 0 Å². The highest BCUT2D eigenvalue weighted by molar-refractivity contribution is 7.57. The third-order valence-electron chi connectivity index (χ3n) is 1.28. The molecule has 0 spiro atoms. The molecule has 0 saturated carbocycles. The number of nitrogens with zero attached hydrogens (tertiary/aromatic N) is 1. The molecule has 9 heavy (non-hydrogen) atoms. The largest absolute Gasteiger partial charge is 0.352 e. The van der Waals surface area contributed by atoms with Crippen molar-refractivity contribution in [3.8, 4) is 0 Å². The summed E-state index contributed by atoms with van der Waals surface area (Å²) in [4.78, 5) is 20.5. The maximum Gasteiger partial charge on any atom is 0.352 e. The molecule has 0 heterocycles. The summed E-state index contributed by atoms with van der Waals surface area (Å²) in [6.07, 6.45) is 0.500. The Hall–Kier alpha value is -0.210. The van der Waals surface area contributed by atoms with E-state index in [1.54, 1.807) is 6.92 Å². The zero-order chi connectivity index (χ0) is 7.49. The van der Waals surface area contributed by atoms with E-state index in [0.717, 1.165) is 0 Å². The minimum Gasteiger partial charge on any atom is -0.326 e. The summed E-state index contributed by atoms with van der Waals surface area (Å²) < 4.78 is 10.6. The molecule has 0 aliphatic carbocycles. The molecule has 0 radical (unpaired) electrons. The summed E-state index contributed by atoms with van der Waals surface area (Å²) >= 11 is 0. The van der Waals surface area contributed by atoms with E-state index in [1.807, 2.05) is 0 Å². The molecule has 0 amide bonds. The average Bonchev–Trinajstić information content (AvgIpc) is 1.86. The Morgan fingerprint density at radius 2 is 2.22 bits per heavy atom. The van der Waals surface area contributed by atoms with Crippen molar-refractivity contribution in [3.63, 3.8) is 0 Å². The highest BCUT2D eigenvalue weighted by Gasteiger charge is 2.25. The first kappa shape index (κ1) is 8.79. The molecule has 0 aliphatic rings. The van der Waals surface area contributed by atoms with Crippen LogP contribution in [0.5, 0.6) is 0 Å². The van der Waals surface area contributed by atoms with Crippen molar-refractivity contribution < 1.29 is 9.46 Å². The molecular formula is C4H10NO3P. The Morgan fingerprint density at radius 3 is 2.33 bits per heavy atom. The first-order chi connectivity index (χ1) is 4.04. The second-order valence-electron chi connectivity index (χ2n) is 1.93. The molecule has 0 fully saturated rings. The van der Waals surface area contributed by atoms with Crippen LogP contribution in [-0.4, -0.2) is 10.6 Å². The Bertz CT molecular complexity index is 147. The van der Waals surface area contributed by atoms with E-state index in [0.29, 0.717) is 6.42 Å². The Labute approximate surface area is 53.8 Å². The standard InChI is InChI=1S/C4H10NO3P/c1-3-4(2)9(7,8)5-6/h4H,3H2,1-2H3,(H,7,8). The van der Waals surface area contributed by atoms with Crippen LogP contribution in [-0.2, 0) is 4.57 Å². The lowest BCUT2D eigenvalue weighted by atomic mass is 10.4. The topological polar surface area (TPSA) is 66.7 Å². The fraction of sp³-hybridized carbons (Fsp3) is 1.00. The van der Waals surface area contributed by atoms with E-state index in [9.17, 15) is 9.47 Å². The monoisotopic (exact) mass is 151 g/mol. The van der Waals surface area contributed by atoms with Gasteiger partial charge in [0.25, 0.3) is 0 Å². The Morgan fingerprint density at radius 1 is 1.78 bits per heavy atom. The van der Waals surface area contributed by atoms with E-state index in [2.05, 4.69) is 4.95 Å². The predicted molar refractivity (Wildman–Crippen MR) is 35.4 cm³/mol. The molecule has 4 nitrogen and oxygen atoms in total. The average molecular weight is 151 g/mol. The van der Waals surface area contributed by atoms with Crippen molar-refractivity contribution in [3.05, 3.63) is 4.91 Å². The molecule has 0 aromatic heterocycles. The van der Waals surface area contributed by atoms with Gasteiger partial charge in [-0.05, 0) is 6.42 Å². The summed E-state index contributed by atoms with van der Waals surface area (Å²) in [6.45, 7) is 3.26. The molecule has 0 aromatic carbocycles. The third-order valence-corrected chi connectivity index (χ3v) is 3.03. The maximum absolute atomic E-state index is 10.6. The number of rotatable bonds is 3. The fourth-order valence-electron chi connectivity index (χ4n) is 0.318. The molecule has 0 saturated heterocycles. The molecule has 2 atom stereocenters. The number of hydrogen-bond acceptors (Lipinski definition) is 2. The molecule has 0 rings (SSSR count). The van der Waals surface area contributed by atoms with Crippen LogP contribution >= 0.6 is 7.52 Å². The smallest absolute Gasteiger partial charge is 0.326 e. The molecular weight excluding hydrogens is 141 g/mol. The number of nitroso groups, excluding NO2 is 1. The third kappa shape index (κ3) is 2.24. The second-order valence-corrected chi connectivity index (χ2v) is 4.15. The minimum absolute atomic E-state index is 0.500. The summed E-state index contributed by atoms with van der Waals surface area (Å²) in [5.74, 6) is 0. The number of hydrogen-bond donors (Lipinski definition) is 1. The highest BCUT2D eigenvalue weighted by Crippen LogP contribution is 2.48. The lowest BCUT2D eigenvalue weighted by molar-refractivity contribution is 0.465. The molecule has 0 aromatic rings. The van der Waals surface area contributed by atoms with Gasteiger partial charge in [-0.15, -0.1) is 4.91 Å². The molecule has 5 heteroatoms. The van der Waals surface area contributed by atoms with Gasteiger partial charge >= 0.3 is 7.52 Å². The van der Waals surface area contributed by atoms with Crippen LogP contribution in [0.15, 0.2) is 4.95 Å². The SMILES string of the molecule is CCC(C)P(=O)(O)N=O. The highest BCUT2D eigenvalue weighted by atomic mass is 31.2. The van der Waals surface area contributed by atoms with E-state index >= 15 is 0 Å². The Balaban J connectivity index is 4.14. The van der Waals surface area contributed by atoms with Gasteiger partial charge in [-0.2, -0.15) is 0 Å². The minimum atomic E-state index is -3.70. The van der Waals surface area contributed by atoms with Crippen LogP contribution in [0.1, 0.15) is 20.3 Å². The van der Waals surface area contributed by atoms with E-state index in [1.165, 1.54) is 6.92 Å². The summed E-state index contributed by atoms with van der Waals surface area (Å²) in [5, 5.41) is 0. The van der Waals surface area contributed by atoms with Crippen molar-refractivity contribution in [2.45, 2.75) is 25.9 Å². The zero-order valence-electron chi connectivity index (χ0n) is 5.44. The van der Waals surface area contributed by atoms with Crippen LogP contribution in [0.2, 0.25) is 0 Å². The first-order valence-electron chi connectivity index (χ1n) is 2.72. The van der Waals surface area contributed by atoms with Crippen molar-refractivity contribution in [1.29, 1.82) is 0 Å². The lowest BCUT2D eigenvalue weighted by Gasteiger charge is -2.07. The van der Waals surface area contributed by atoms with Gasteiger partial charge in [0.1, 0.15) is 0 Å². The van der Waals surface area contributed by atoms with Gasteiger partial charge in [-0.25, -0.2) is 0 Å². The van der Waals surface area contributed by atoms with Gasteiger partial charge in [0.15, 0.2) is 0 Å². The zero-order valence-corrected chi connectivity index (χ0v) is 6.34. The van der Waals surface area contributed by atoms with Crippen molar-refractivity contribution >= 4 is 7.52 Å². The fourth-order valence-corrected chi connectivity index (χ4v) is 0.955. The summed E-state index contributed by atoms with van der Waals surface area (Å²) in [7, 11) is -3.70. The molecule has 2 unspecified atom stereocenters. The quantitative estimate of drug-likeness (QED) is 0.493. The predicted octanol–water partition coefficient (Wildman–Crippen LogP) is 1.74. The van der Waals surface area contributed by atoms with Gasteiger partial charge in [-0.3, -0.25) is 4.57 Å². The summed E-state index contributed by atoms with van der Waals surface area (Å²) in [6, 6.07) is 0. The van der Waals surface area contributed by atoms with Crippen molar-refractivity contribution in [1.82, 2.24) is 0 Å². The van der Waals surface area contributed by atoms with E-state index < -0.39 is 13.2 Å². The van der Waals surface area contributed by atoms with Gasteiger partial charge in [0, 0.05) is 4.95 Å². The second kappa shape index (κ2) is 3.08. The van der Waals surface area contributed by atoms with E-state index in [4.69, 9.17) is 4.89 Å². The van der Waals surface area contributed by atoms with Crippen molar-refractivity contribution in [2.24, 2.45) is 4.95 Å². The van der Waals surface area contributed by atoms with Gasteiger partial charge in [0.05, 0.1) is 5.66 Å². The van der Waals surface area contributed by atoms with Gasteiger partial charge < -0.3 is 4.89 Å².